The molecule has 0 unspecified atom stereocenters. The van der Waals surface area contributed by atoms with E-state index in [1.165, 1.54) is 31.4 Å². The molecule has 1 aromatic carbocycles. The molecule has 21 heavy (non-hydrogen) atoms. The van der Waals surface area contributed by atoms with Gasteiger partial charge < -0.3 is 15.4 Å². The summed E-state index contributed by atoms with van der Waals surface area (Å²) >= 11 is 0. The van der Waals surface area contributed by atoms with E-state index >= 15 is 0 Å². The van der Waals surface area contributed by atoms with Crippen molar-refractivity contribution in [1.82, 2.24) is 4.90 Å². The first kappa shape index (κ1) is 14.1. The topological polar surface area (TPSA) is 81.6 Å². The quantitative estimate of drug-likeness (QED) is 0.524. The van der Waals surface area contributed by atoms with Crippen LogP contribution in [0.1, 0.15) is 32.1 Å². The molecule has 1 aromatic rings. The lowest BCUT2D eigenvalue weighted by atomic mass is 9.90. The third-order valence-electron chi connectivity index (χ3n) is 4.57. The van der Waals surface area contributed by atoms with Crippen molar-refractivity contribution in [3.05, 3.63) is 28.3 Å². The molecular formula is C15H21N3O3. The number of hydrogen-bond donors (Lipinski definition) is 1. The second-order valence-electron chi connectivity index (χ2n) is 5.92. The van der Waals surface area contributed by atoms with Gasteiger partial charge in [0.25, 0.3) is 5.69 Å². The number of anilines is 1. The number of nitrogens with two attached hydrogens (primary N) is 1. The van der Waals surface area contributed by atoms with Crippen LogP contribution in [0.25, 0.3) is 0 Å². The Balaban J connectivity index is 1.57. The molecule has 2 N–H and O–H groups in total. The van der Waals surface area contributed by atoms with E-state index in [0.717, 1.165) is 32.0 Å². The number of piperidine rings is 1. The Kier molecular flexibility index (Phi) is 3.96. The van der Waals surface area contributed by atoms with Crippen LogP contribution >= 0.6 is 0 Å². The number of ether oxygens (including phenoxy) is 1. The SMILES string of the molecule is Nc1ccc(OC2CCN(C3CCC3)CC2)cc1[N+](=O)[O-]. The van der Waals surface area contributed by atoms with Crippen molar-refractivity contribution in [1.29, 1.82) is 0 Å². The molecule has 1 saturated heterocycles. The number of nitrogen functional groups attached to an aromatic ring is 1. The number of nitrogens with zero attached hydrogens (tertiary/aromatic N) is 2. The lowest BCUT2D eigenvalue weighted by Crippen LogP contribution is -2.46. The predicted molar refractivity (Wildman–Crippen MR) is 80.4 cm³/mol. The zero-order valence-electron chi connectivity index (χ0n) is 12.0. The van der Waals surface area contributed by atoms with Crippen molar-refractivity contribution in [2.24, 2.45) is 0 Å². The van der Waals surface area contributed by atoms with Crippen molar-refractivity contribution in [2.75, 3.05) is 18.8 Å². The van der Waals surface area contributed by atoms with Crippen LogP contribution in [-0.4, -0.2) is 35.1 Å². The molecule has 1 aliphatic carbocycles. The fourth-order valence-corrected chi connectivity index (χ4v) is 3.06. The van der Waals surface area contributed by atoms with E-state index in [4.69, 9.17) is 10.5 Å². The molecule has 0 amide bonds. The van der Waals surface area contributed by atoms with E-state index in [2.05, 4.69) is 4.90 Å². The average Bonchev–Trinajstić information content (AvgIpc) is 2.41. The molecule has 1 aliphatic heterocycles. The van der Waals surface area contributed by atoms with Gasteiger partial charge in [-0.3, -0.25) is 10.1 Å². The van der Waals surface area contributed by atoms with Crippen molar-refractivity contribution in [3.8, 4) is 5.75 Å². The van der Waals surface area contributed by atoms with Crippen LogP contribution in [0, 0.1) is 10.1 Å². The van der Waals surface area contributed by atoms with Gasteiger partial charge in [0.1, 0.15) is 17.5 Å². The van der Waals surface area contributed by atoms with Gasteiger partial charge in [0.15, 0.2) is 0 Å². The highest BCUT2D eigenvalue weighted by atomic mass is 16.6. The summed E-state index contributed by atoms with van der Waals surface area (Å²) in [7, 11) is 0. The molecular weight excluding hydrogens is 270 g/mol. The molecule has 0 atom stereocenters. The summed E-state index contributed by atoms with van der Waals surface area (Å²) in [6.07, 6.45) is 6.12. The maximum absolute atomic E-state index is 10.9. The van der Waals surface area contributed by atoms with Gasteiger partial charge in [0, 0.05) is 19.1 Å². The van der Waals surface area contributed by atoms with E-state index in [-0.39, 0.29) is 17.5 Å². The standard InChI is InChI=1S/C15H21N3O3/c16-14-5-4-13(10-15(14)18(19)20)21-12-6-8-17(9-7-12)11-2-1-3-11/h4-5,10-12H,1-3,6-9,16H2. The molecule has 6 nitrogen and oxygen atoms in total. The molecule has 0 bridgehead atoms. The first-order valence-corrected chi connectivity index (χ1v) is 7.58. The maximum atomic E-state index is 10.9. The lowest BCUT2D eigenvalue weighted by molar-refractivity contribution is -0.384. The monoisotopic (exact) mass is 291 g/mol. The van der Waals surface area contributed by atoms with Crippen LogP contribution in [0.5, 0.6) is 5.75 Å². The van der Waals surface area contributed by atoms with Gasteiger partial charge in [-0.05, 0) is 37.8 Å². The van der Waals surface area contributed by atoms with Gasteiger partial charge in [-0.15, -0.1) is 0 Å². The van der Waals surface area contributed by atoms with Gasteiger partial charge in [-0.1, -0.05) is 6.42 Å². The second-order valence-corrected chi connectivity index (χ2v) is 5.92. The van der Waals surface area contributed by atoms with Gasteiger partial charge in [-0.25, -0.2) is 0 Å². The Morgan fingerprint density at radius 1 is 1.24 bits per heavy atom. The summed E-state index contributed by atoms with van der Waals surface area (Å²) < 4.78 is 5.89. The molecule has 2 fully saturated rings. The largest absolute Gasteiger partial charge is 0.490 e. The Labute approximate surface area is 124 Å². The molecule has 6 heteroatoms. The average molecular weight is 291 g/mol. The summed E-state index contributed by atoms with van der Waals surface area (Å²) in [6.45, 7) is 2.12. The Morgan fingerprint density at radius 3 is 2.52 bits per heavy atom. The summed E-state index contributed by atoms with van der Waals surface area (Å²) in [4.78, 5) is 13.0. The minimum absolute atomic E-state index is 0.0839. The van der Waals surface area contributed by atoms with E-state index in [1.807, 2.05) is 0 Å². The van der Waals surface area contributed by atoms with Gasteiger partial charge in [0.2, 0.25) is 0 Å². The van der Waals surface area contributed by atoms with Gasteiger partial charge in [0.05, 0.1) is 11.0 Å². The minimum atomic E-state index is -0.471. The Morgan fingerprint density at radius 2 is 1.95 bits per heavy atom. The molecule has 1 heterocycles. The number of likely N-dealkylation sites (tertiary alicyclic amines) is 1. The molecule has 114 valence electrons. The molecule has 2 aliphatic rings. The van der Waals surface area contributed by atoms with Crippen LogP contribution in [0.15, 0.2) is 18.2 Å². The number of nitro benzene ring substituents is 1. The second kappa shape index (κ2) is 5.89. The Bertz CT molecular complexity index is 523. The number of benzene rings is 1. The minimum Gasteiger partial charge on any atom is -0.490 e. The third-order valence-corrected chi connectivity index (χ3v) is 4.57. The highest BCUT2D eigenvalue weighted by Crippen LogP contribution is 2.30. The van der Waals surface area contributed by atoms with Gasteiger partial charge in [-0.2, -0.15) is 0 Å². The van der Waals surface area contributed by atoms with Crippen LogP contribution in [0.2, 0.25) is 0 Å². The van der Waals surface area contributed by atoms with Gasteiger partial charge >= 0.3 is 0 Å². The molecule has 0 spiro atoms. The highest BCUT2D eigenvalue weighted by Gasteiger charge is 2.29. The zero-order chi connectivity index (χ0) is 14.8. The maximum Gasteiger partial charge on any atom is 0.295 e. The summed E-state index contributed by atoms with van der Waals surface area (Å²) in [5.41, 5.74) is 5.68. The first-order chi connectivity index (χ1) is 10.1. The first-order valence-electron chi connectivity index (χ1n) is 7.58. The number of nitro groups is 1. The zero-order valence-corrected chi connectivity index (χ0v) is 12.0. The molecule has 1 saturated carbocycles. The van der Waals surface area contributed by atoms with E-state index in [9.17, 15) is 10.1 Å². The van der Waals surface area contributed by atoms with Crippen molar-refractivity contribution in [3.63, 3.8) is 0 Å². The van der Waals surface area contributed by atoms with E-state index < -0.39 is 4.92 Å². The summed E-state index contributed by atoms with van der Waals surface area (Å²) in [5, 5.41) is 10.9. The van der Waals surface area contributed by atoms with E-state index in [1.54, 1.807) is 6.07 Å². The van der Waals surface area contributed by atoms with Crippen molar-refractivity contribution < 1.29 is 9.66 Å². The smallest absolute Gasteiger partial charge is 0.295 e. The summed E-state index contributed by atoms with van der Waals surface area (Å²) in [5.74, 6) is 0.540. The fourth-order valence-electron chi connectivity index (χ4n) is 3.06. The molecule has 0 radical (unpaired) electrons. The lowest BCUT2D eigenvalue weighted by Gasteiger charge is -2.41. The highest BCUT2D eigenvalue weighted by molar-refractivity contribution is 5.60. The van der Waals surface area contributed by atoms with Crippen LogP contribution in [0.3, 0.4) is 0 Å². The number of rotatable bonds is 4. The van der Waals surface area contributed by atoms with Crippen molar-refractivity contribution >= 4 is 11.4 Å². The van der Waals surface area contributed by atoms with E-state index in [0.29, 0.717) is 5.75 Å². The van der Waals surface area contributed by atoms with Crippen LogP contribution in [0.4, 0.5) is 11.4 Å². The molecule has 0 aromatic heterocycles. The van der Waals surface area contributed by atoms with Crippen LogP contribution in [-0.2, 0) is 0 Å². The fraction of sp³-hybridized carbons (Fsp3) is 0.600. The van der Waals surface area contributed by atoms with Crippen LogP contribution < -0.4 is 10.5 Å². The Hall–Kier alpha value is -1.82. The van der Waals surface area contributed by atoms with Crippen molar-refractivity contribution in [2.45, 2.75) is 44.2 Å². The normalized spacial score (nSPS) is 21.0. The number of hydrogen-bond acceptors (Lipinski definition) is 5. The third kappa shape index (κ3) is 3.10. The summed E-state index contributed by atoms with van der Waals surface area (Å²) in [6, 6.07) is 5.45. The molecule has 3 rings (SSSR count). The predicted octanol–water partition coefficient (Wildman–Crippen LogP) is 2.57.